The molecule has 1 aromatic heterocycles. The van der Waals surface area contributed by atoms with Crippen molar-refractivity contribution in [1.29, 1.82) is 0 Å². The predicted molar refractivity (Wildman–Crippen MR) is 100 cm³/mol. The van der Waals surface area contributed by atoms with Crippen molar-refractivity contribution in [1.82, 2.24) is 15.1 Å². The van der Waals surface area contributed by atoms with Crippen molar-refractivity contribution >= 4 is 23.5 Å². The summed E-state index contributed by atoms with van der Waals surface area (Å²) in [7, 11) is 1.71. The quantitative estimate of drug-likeness (QED) is 0.723. The van der Waals surface area contributed by atoms with Gasteiger partial charge in [0, 0.05) is 19.3 Å². The third-order valence-corrected chi connectivity index (χ3v) is 3.91. The highest BCUT2D eigenvalue weighted by Gasteiger charge is 2.17. The third-order valence-electron chi connectivity index (χ3n) is 3.91. The van der Waals surface area contributed by atoms with Crippen LogP contribution >= 0.6 is 0 Å². The molecule has 2 N–H and O–H groups in total. The van der Waals surface area contributed by atoms with Gasteiger partial charge in [-0.1, -0.05) is 26.0 Å². The van der Waals surface area contributed by atoms with Crippen LogP contribution in [0.3, 0.4) is 0 Å². The first kappa shape index (κ1) is 20.2. The topological polar surface area (TPSA) is 102 Å². The Bertz CT molecular complexity index is 842. The van der Waals surface area contributed by atoms with Gasteiger partial charge >= 0.3 is 5.97 Å². The summed E-state index contributed by atoms with van der Waals surface area (Å²) >= 11 is 0. The molecule has 0 atom stereocenters. The van der Waals surface area contributed by atoms with Crippen LogP contribution in [0.4, 0.5) is 5.69 Å². The van der Waals surface area contributed by atoms with E-state index in [1.165, 1.54) is 6.20 Å². The summed E-state index contributed by atoms with van der Waals surface area (Å²) in [5.41, 5.74) is 1.66. The standard InChI is InChI=1S/C19H24N4O4/c1-12(2)9-20-18(25)14-7-5-6-8-16(14)22-17(24)11-27-19(26)15-10-21-23(4)13(15)3/h5-8,10,12H,9,11H2,1-4H3,(H,20,25)(H,22,24). The number of rotatable bonds is 7. The fourth-order valence-corrected chi connectivity index (χ4v) is 2.28. The molecule has 1 aromatic carbocycles. The smallest absolute Gasteiger partial charge is 0.342 e. The van der Waals surface area contributed by atoms with Gasteiger partial charge in [0.05, 0.1) is 17.4 Å². The molecule has 2 rings (SSSR count). The van der Waals surface area contributed by atoms with Crippen molar-refractivity contribution in [2.45, 2.75) is 20.8 Å². The van der Waals surface area contributed by atoms with E-state index in [-0.39, 0.29) is 5.91 Å². The Morgan fingerprint density at radius 3 is 2.52 bits per heavy atom. The lowest BCUT2D eigenvalue weighted by molar-refractivity contribution is -0.119. The predicted octanol–water partition coefficient (Wildman–Crippen LogP) is 1.91. The Hall–Kier alpha value is -3.16. The summed E-state index contributed by atoms with van der Waals surface area (Å²) in [6, 6.07) is 6.66. The number of aryl methyl sites for hydroxylation is 1. The second-order valence-corrected chi connectivity index (χ2v) is 6.54. The molecule has 144 valence electrons. The number of ether oxygens (including phenoxy) is 1. The Morgan fingerprint density at radius 1 is 1.19 bits per heavy atom. The van der Waals surface area contributed by atoms with Gasteiger partial charge in [-0.15, -0.1) is 0 Å². The second kappa shape index (κ2) is 8.98. The number of nitrogens with zero attached hydrogens (tertiary/aromatic N) is 2. The lowest BCUT2D eigenvalue weighted by Gasteiger charge is -2.12. The van der Waals surface area contributed by atoms with E-state index in [1.807, 2.05) is 13.8 Å². The SMILES string of the molecule is Cc1c(C(=O)OCC(=O)Nc2ccccc2C(=O)NCC(C)C)cnn1C. The van der Waals surface area contributed by atoms with Crippen molar-refractivity contribution in [3.05, 3.63) is 47.3 Å². The van der Waals surface area contributed by atoms with Crippen LogP contribution in [0.5, 0.6) is 0 Å². The van der Waals surface area contributed by atoms with Gasteiger partial charge in [-0.3, -0.25) is 14.3 Å². The molecule has 0 saturated heterocycles. The molecular formula is C19H24N4O4. The molecular weight excluding hydrogens is 348 g/mol. The Labute approximate surface area is 157 Å². The molecule has 0 bridgehead atoms. The molecule has 0 radical (unpaired) electrons. The highest BCUT2D eigenvalue weighted by molar-refractivity contribution is 6.04. The molecule has 0 unspecified atom stereocenters. The normalized spacial score (nSPS) is 10.6. The fraction of sp³-hybridized carbons (Fsp3) is 0.368. The zero-order valence-electron chi connectivity index (χ0n) is 15.9. The first-order valence-electron chi connectivity index (χ1n) is 8.62. The number of para-hydroxylation sites is 1. The number of carbonyl (C=O) groups is 3. The summed E-state index contributed by atoms with van der Waals surface area (Å²) in [5.74, 6) is -1.12. The lowest BCUT2D eigenvalue weighted by Crippen LogP contribution is -2.29. The van der Waals surface area contributed by atoms with Crippen LogP contribution in [-0.4, -0.2) is 40.7 Å². The molecule has 8 heteroatoms. The highest BCUT2D eigenvalue weighted by atomic mass is 16.5. The molecule has 2 amide bonds. The van der Waals surface area contributed by atoms with Crippen LogP contribution in [0.1, 0.15) is 40.3 Å². The Kier molecular flexibility index (Phi) is 6.70. The largest absolute Gasteiger partial charge is 0.452 e. The summed E-state index contributed by atoms with van der Waals surface area (Å²) < 4.78 is 6.58. The van der Waals surface area contributed by atoms with Crippen molar-refractivity contribution in [2.75, 3.05) is 18.5 Å². The van der Waals surface area contributed by atoms with Crippen LogP contribution in [0.25, 0.3) is 0 Å². The number of amides is 2. The average Bonchev–Trinajstić information content (AvgIpc) is 2.97. The van der Waals surface area contributed by atoms with Crippen molar-refractivity contribution in [2.24, 2.45) is 13.0 Å². The van der Waals surface area contributed by atoms with E-state index in [0.717, 1.165) is 0 Å². The molecule has 0 aliphatic carbocycles. The molecule has 2 aromatic rings. The van der Waals surface area contributed by atoms with E-state index < -0.39 is 18.5 Å². The van der Waals surface area contributed by atoms with E-state index in [0.29, 0.717) is 35.0 Å². The van der Waals surface area contributed by atoms with Crippen molar-refractivity contribution < 1.29 is 19.1 Å². The van der Waals surface area contributed by atoms with Gasteiger partial charge < -0.3 is 15.4 Å². The van der Waals surface area contributed by atoms with Gasteiger partial charge in [-0.05, 0) is 25.0 Å². The maximum absolute atomic E-state index is 12.3. The highest BCUT2D eigenvalue weighted by Crippen LogP contribution is 2.15. The van der Waals surface area contributed by atoms with E-state index in [2.05, 4.69) is 15.7 Å². The average molecular weight is 372 g/mol. The summed E-state index contributed by atoms with van der Waals surface area (Å²) in [4.78, 5) is 36.5. The molecule has 27 heavy (non-hydrogen) atoms. The third kappa shape index (κ3) is 5.40. The molecule has 0 aliphatic heterocycles. The van der Waals surface area contributed by atoms with Gasteiger partial charge in [0.1, 0.15) is 5.56 Å². The van der Waals surface area contributed by atoms with Crippen LogP contribution in [0, 0.1) is 12.8 Å². The van der Waals surface area contributed by atoms with E-state index in [4.69, 9.17) is 4.74 Å². The van der Waals surface area contributed by atoms with E-state index >= 15 is 0 Å². The van der Waals surface area contributed by atoms with Gasteiger partial charge in [-0.2, -0.15) is 5.10 Å². The van der Waals surface area contributed by atoms with Gasteiger partial charge in [-0.25, -0.2) is 4.79 Å². The minimum atomic E-state index is -0.626. The number of esters is 1. The van der Waals surface area contributed by atoms with Gasteiger partial charge in [0.25, 0.3) is 11.8 Å². The molecule has 0 aliphatic rings. The van der Waals surface area contributed by atoms with E-state index in [1.54, 1.807) is 42.9 Å². The van der Waals surface area contributed by atoms with Crippen molar-refractivity contribution in [3.8, 4) is 0 Å². The maximum Gasteiger partial charge on any atom is 0.342 e. The van der Waals surface area contributed by atoms with Crippen LogP contribution in [-0.2, 0) is 16.6 Å². The van der Waals surface area contributed by atoms with Gasteiger partial charge in [0.2, 0.25) is 0 Å². The summed E-state index contributed by atoms with van der Waals surface area (Å²) in [6.45, 7) is 5.78. The van der Waals surface area contributed by atoms with Crippen molar-refractivity contribution in [3.63, 3.8) is 0 Å². The molecule has 0 spiro atoms. The summed E-state index contributed by atoms with van der Waals surface area (Å²) in [5, 5.41) is 9.38. The number of hydrogen-bond donors (Lipinski definition) is 2. The lowest BCUT2D eigenvalue weighted by atomic mass is 10.1. The number of nitrogens with one attached hydrogen (secondary N) is 2. The number of carbonyl (C=O) groups excluding carboxylic acids is 3. The minimum Gasteiger partial charge on any atom is -0.452 e. The number of hydrogen-bond acceptors (Lipinski definition) is 5. The van der Waals surface area contributed by atoms with Gasteiger partial charge in [0.15, 0.2) is 6.61 Å². The number of benzene rings is 1. The van der Waals surface area contributed by atoms with Crippen LogP contribution in [0.15, 0.2) is 30.5 Å². The Morgan fingerprint density at radius 2 is 1.89 bits per heavy atom. The first-order valence-corrected chi connectivity index (χ1v) is 8.62. The molecule has 0 saturated carbocycles. The molecule has 8 nitrogen and oxygen atoms in total. The zero-order valence-corrected chi connectivity index (χ0v) is 15.9. The number of aromatic nitrogens is 2. The monoisotopic (exact) mass is 372 g/mol. The maximum atomic E-state index is 12.3. The van der Waals surface area contributed by atoms with Crippen LogP contribution in [0.2, 0.25) is 0 Å². The first-order chi connectivity index (χ1) is 12.8. The zero-order chi connectivity index (χ0) is 20.0. The fourth-order valence-electron chi connectivity index (χ4n) is 2.28. The second-order valence-electron chi connectivity index (χ2n) is 6.54. The van der Waals surface area contributed by atoms with Crippen LogP contribution < -0.4 is 10.6 Å². The molecule has 1 heterocycles. The Balaban J connectivity index is 1.97. The minimum absolute atomic E-state index is 0.275. The summed E-state index contributed by atoms with van der Waals surface area (Å²) in [6.07, 6.45) is 1.39. The number of anilines is 1. The van der Waals surface area contributed by atoms with E-state index in [9.17, 15) is 14.4 Å². The molecule has 0 fully saturated rings.